The normalized spacial score (nSPS) is 17.0. The van der Waals surface area contributed by atoms with Gasteiger partial charge in [-0.1, -0.05) is 18.2 Å². The minimum atomic E-state index is -0.231. The van der Waals surface area contributed by atoms with E-state index in [9.17, 15) is 9.18 Å². The van der Waals surface area contributed by atoms with Crippen molar-refractivity contribution in [2.24, 2.45) is 0 Å². The quantitative estimate of drug-likeness (QED) is 0.663. The van der Waals surface area contributed by atoms with Crippen LogP contribution in [0.1, 0.15) is 23.2 Å². The molecule has 5 nitrogen and oxygen atoms in total. The van der Waals surface area contributed by atoms with Gasteiger partial charge in [0.1, 0.15) is 11.6 Å². The molecular weight excluding hydrogens is 379 g/mol. The van der Waals surface area contributed by atoms with E-state index >= 15 is 0 Å². The van der Waals surface area contributed by atoms with Gasteiger partial charge in [-0.25, -0.2) is 9.37 Å². The molecule has 2 fully saturated rings. The van der Waals surface area contributed by atoms with E-state index in [4.69, 9.17) is 4.98 Å². The second kappa shape index (κ2) is 7.94. The molecule has 3 aromatic rings. The molecule has 1 amide bonds. The maximum Gasteiger partial charge on any atom is 0.257 e. The number of amides is 1. The SMILES string of the molecule is O=C(c1cc2ccccc2nc1N1CCCC1)N1CCN(c2ccc(F)cc2)CC1. The lowest BCUT2D eigenvalue weighted by atomic mass is 10.1. The molecule has 2 aliphatic rings. The van der Waals surface area contributed by atoms with Crippen LogP contribution in [0.5, 0.6) is 0 Å². The largest absolute Gasteiger partial charge is 0.368 e. The van der Waals surface area contributed by atoms with E-state index in [0.29, 0.717) is 18.7 Å². The fraction of sp³-hybridized carbons (Fsp3) is 0.333. The van der Waals surface area contributed by atoms with Gasteiger partial charge in [0.25, 0.3) is 5.91 Å². The lowest BCUT2D eigenvalue weighted by Gasteiger charge is -2.36. The van der Waals surface area contributed by atoms with Crippen molar-refractivity contribution in [1.29, 1.82) is 0 Å². The third-order valence-electron chi connectivity index (χ3n) is 6.10. The number of hydrogen-bond acceptors (Lipinski definition) is 4. The number of hydrogen-bond donors (Lipinski definition) is 0. The zero-order valence-electron chi connectivity index (χ0n) is 16.9. The highest BCUT2D eigenvalue weighted by atomic mass is 19.1. The Morgan fingerprint density at radius 3 is 2.27 bits per heavy atom. The van der Waals surface area contributed by atoms with Crippen molar-refractivity contribution in [2.45, 2.75) is 12.8 Å². The summed E-state index contributed by atoms with van der Waals surface area (Å²) in [7, 11) is 0. The van der Waals surface area contributed by atoms with Crippen LogP contribution < -0.4 is 9.80 Å². The van der Waals surface area contributed by atoms with E-state index in [1.165, 1.54) is 12.1 Å². The number of aromatic nitrogens is 1. The van der Waals surface area contributed by atoms with E-state index in [0.717, 1.165) is 61.4 Å². The van der Waals surface area contributed by atoms with E-state index in [1.807, 2.05) is 35.2 Å². The average Bonchev–Trinajstić information content (AvgIpc) is 3.33. The number of carbonyl (C=O) groups is 1. The van der Waals surface area contributed by atoms with Gasteiger partial charge in [0.2, 0.25) is 0 Å². The van der Waals surface area contributed by atoms with Gasteiger partial charge in [-0.2, -0.15) is 0 Å². The smallest absolute Gasteiger partial charge is 0.257 e. The predicted molar refractivity (Wildman–Crippen MR) is 118 cm³/mol. The van der Waals surface area contributed by atoms with Gasteiger partial charge >= 0.3 is 0 Å². The van der Waals surface area contributed by atoms with Crippen molar-refractivity contribution >= 4 is 28.3 Å². The summed E-state index contributed by atoms with van der Waals surface area (Å²) >= 11 is 0. The zero-order valence-corrected chi connectivity index (χ0v) is 16.9. The Bertz CT molecular complexity index is 1050. The molecule has 1 aromatic heterocycles. The number of piperazine rings is 1. The van der Waals surface area contributed by atoms with Gasteiger partial charge in [-0.3, -0.25) is 4.79 Å². The standard InChI is InChI=1S/C24H25FN4O/c25-19-7-9-20(10-8-19)27-13-15-29(16-14-27)24(30)21-17-18-5-1-2-6-22(18)26-23(21)28-11-3-4-12-28/h1-2,5-10,17H,3-4,11-16H2. The first-order valence-electron chi connectivity index (χ1n) is 10.6. The van der Waals surface area contributed by atoms with Crippen molar-refractivity contribution in [2.75, 3.05) is 49.1 Å². The Morgan fingerprint density at radius 1 is 0.833 bits per heavy atom. The summed E-state index contributed by atoms with van der Waals surface area (Å²) in [5.41, 5.74) is 2.62. The summed E-state index contributed by atoms with van der Waals surface area (Å²) in [6.07, 6.45) is 2.27. The van der Waals surface area contributed by atoms with Gasteiger partial charge in [0.05, 0.1) is 11.1 Å². The van der Waals surface area contributed by atoms with Crippen LogP contribution in [0.2, 0.25) is 0 Å². The van der Waals surface area contributed by atoms with Crippen LogP contribution >= 0.6 is 0 Å². The minimum absolute atomic E-state index is 0.0499. The molecule has 0 unspecified atom stereocenters. The van der Waals surface area contributed by atoms with Crippen LogP contribution in [-0.4, -0.2) is 55.1 Å². The molecule has 2 saturated heterocycles. The lowest BCUT2D eigenvalue weighted by molar-refractivity contribution is 0.0747. The number of halogens is 1. The number of anilines is 2. The molecule has 3 heterocycles. The van der Waals surface area contributed by atoms with E-state index < -0.39 is 0 Å². The van der Waals surface area contributed by atoms with Crippen molar-refractivity contribution in [3.8, 4) is 0 Å². The highest BCUT2D eigenvalue weighted by molar-refractivity contribution is 6.02. The summed E-state index contributed by atoms with van der Waals surface area (Å²) in [6, 6.07) is 16.5. The maximum atomic E-state index is 13.5. The maximum absolute atomic E-state index is 13.5. The molecule has 0 aliphatic carbocycles. The van der Waals surface area contributed by atoms with Crippen LogP contribution in [0.15, 0.2) is 54.6 Å². The highest BCUT2D eigenvalue weighted by Crippen LogP contribution is 2.28. The molecule has 0 radical (unpaired) electrons. The Kier molecular flexibility index (Phi) is 4.99. The van der Waals surface area contributed by atoms with Crippen molar-refractivity contribution in [3.05, 3.63) is 66.0 Å². The summed E-state index contributed by atoms with van der Waals surface area (Å²) < 4.78 is 13.2. The molecule has 2 aromatic carbocycles. The van der Waals surface area contributed by atoms with E-state index in [-0.39, 0.29) is 11.7 Å². The predicted octanol–water partition coefficient (Wildman–Crippen LogP) is 3.94. The van der Waals surface area contributed by atoms with Gasteiger partial charge < -0.3 is 14.7 Å². The van der Waals surface area contributed by atoms with Crippen LogP contribution in [0.25, 0.3) is 10.9 Å². The topological polar surface area (TPSA) is 39.7 Å². The zero-order chi connectivity index (χ0) is 20.5. The van der Waals surface area contributed by atoms with Gasteiger partial charge in [-0.15, -0.1) is 0 Å². The number of nitrogens with zero attached hydrogens (tertiary/aromatic N) is 4. The molecular formula is C24H25FN4O. The van der Waals surface area contributed by atoms with Crippen LogP contribution in [0.3, 0.4) is 0 Å². The Morgan fingerprint density at radius 2 is 1.53 bits per heavy atom. The third-order valence-corrected chi connectivity index (χ3v) is 6.10. The first-order chi connectivity index (χ1) is 14.7. The molecule has 0 spiro atoms. The molecule has 6 heteroatoms. The van der Waals surface area contributed by atoms with Crippen LogP contribution in [0.4, 0.5) is 15.9 Å². The Hall–Kier alpha value is -3.15. The molecule has 0 bridgehead atoms. The van der Waals surface area contributed by atoms with Crippen molar-refractivity contribution < 1.29 is 9.18 Å². The molecule has 0 saturated carbocycles. The summed E-state index contributed by atoms with van der Waals surface area (Å²) in [5.74, 6) is 0.636. The molecule has 154 valence electrons. The summed E-state index contributed by atoms with van der Waals surface area (Å²) in [4.78, 5) is 24.7. The average molecular weight is 404 g/mol. The lowest BCUT2D eigenvalue weighted by Crippen LogP contribution is -2.49. The van der Waals surface area contributed by atoms with Gasteiger partial charge in [-0.05, 0) is 49.2 Å². The number of para-hydroxylation sites is 1. The fourth-order valence-electron chi connectivity index (χ4n) is 4.42. The first kappa shape index (κ1) is 18.9. The molecule has 0 N–H and O–H groups in total. The monoisotopic (exact) mass is 404 g/mol. The summed E-state index contributed by atoms with van der Waals surface area (Å²) in [5, 5.41) is 0.994. The Balaban J connectivity index is 1.39. The first-order valence-corrected chi connectivity index (χ1v) is 10.6. The second-order valence-corrected chi connectivity index (χ2v) is 8.00. The summed E-state index contributed by atoms with van der Waals surface area (Å²) in [6.45, 7) is 4.65. The van der Waals surface area contributed by atoms with E-state index in [1.54, 1.807) is 12.1 Å². The second-order valence-electron chi connectivity index (χ2n) is 8.00. The number of pyridine rings is 1. The van der Waals surface area contributed by atoms with Gasteiger partial charge in [0.15, 0.2) is 0 Å². The molecule has 5 rings (SSSR count). The third kappa shape index (κ3) is 3.58. The number of benzene rings is 2. The number of fused-ring (bicyclic) bond motifs is 1. The van der Waals surface area contributed by atoms with Gasteiger partial charge in [0, 0.05) is 50.3 Å². The highest BCUT2D eigenvalue weighted by Gasteiger charge is 2.27. The molecule has 0 atom stereocenters. The number of rotatable bonds is 3. The molecule has 30 heavy (non-hydrogen) atoms. The minimum Gasteiger partial charge on any atom is -0.368 e. The van der Waals surface area contributed by atoms with E-state index in [2.05, 4.69) is 9.80 Å². The molecule has 2 aliphatic heterocycles. The van der Waals surface area contributed by atoms with Crippen LogP contribution in [-0.2, 0) is 0 Å². The van der Waals surface area contributed by atoms with Crippen LogP contribution in [0, 0.1) is 5.82 Å². The fourth-order valence-corrected chi connectivity index (χ4v) is 4.42. The van der Waals surface area contributed by atoms with Crippen molar-refractivity contribution in [3.63, 3.8) is 0 Å². The Labute approximate surface area is 175 Å². The number of carbonyl (C=O) groups excluding carboxylic acids is 1. The van der Waals surface area contributed by atoms with Crippen molar-refractivity contribution in [1.82, 2.24) is 9.88 Å².